The highest BCUT2D eigenvalue weighted by molar-refractivity contribution is 5.69. The molecule has 0 heterocycles. The lowest BCUT2D eigenvalue weighted by molar-refractivity contribution is -0.187. The van der Waals surface area contributed by atoms with Crippen LogP contribution in [0.2, 0.25) is 0 Å². The highest BCUT2D eigenvalue weighted by Gasteiger charge is 2.06. The van der Waals surface area contributed by atoms with Crippen LogP contribution in [0, 0.1) is 0 Å². The third kappa shape index (κ3) is 1.73. The molecule has 0 saturated carbocycles. The van der Waals surface area contributed by atoms with Gasteiger partial charge < -0.3 is 5.73 Å². The predicted molar refractivity (Wildman–Crippen MR) is 25.2 cm³/mol. The van der Waals surface area contributed by atoms with Gasteiger partial charge in [-0.1, -0.05) is 0 Å². The number of hydrogen-bond donors (Lipinski definition) is 3. The number of carbonyl (C=O) groups excluding carboxylic acids is 1. The minimum atomic E-state index is -1.02. The molecular weight excluding hydrogens is 112 g/mol. The summed E-state index contributed by atoms with van der Waals surface area (Å²) in [5, 5.41) is 9.10. The van der Waals surface area contributed by atoms with Gasteiger partial charge in [-0.2, -0.15) is 0 Å². The molecule has 0 aromatic heterocycles. The molecule has 0 rings (SSSR count). The highest BCUT2D eigenvalue weighted by atomic mass is 16.6. The van der Waals surface area contributed by atoms with Crippen molar-refractivity contribution in [3.05, 3.63) is 0 Å². The van der Waals surface area contributed by atoms with Crippen molar-refractivity contribution >= 4 is 6.03 Å². The number of hydroxylamine groups is 1. The number of nitrogens with two attached hydrogens (primary N) is 2. The second kappa shape index (κ2) is 2.46. The molecule has 2 amide bonds. The van der Waals surface area contributed by atoms with E-state index in [4.69, 9.17) is 11.0 Å². The van der Waals surface area contributed by atoms with Crippen molar-refractivity contribution in [2.45, 2.75) is 0 Å². The van der Waals surface area contributed by atoms with Gasteiger partial charge in [-0.3, -0.25) is 5.21 Å². The predicted octanol–water partition coefficient (Wildman–Crippen LogP) is -1.52. The highest BCUT2D eigenvalue weighted by Crippen LogP contribution is 1.77. The van der Waals surface area contributed by atoms with Gasteiger partial charge in [-0.15, -0.1) is 10.3 Å². The van der Waals surface area contributed by atoms with Crippen LogP contribution in [0.4, 0.5) is 4.79 Å². The van der Waals surface area contributed by atoms with Gasteiger partial charge in [-0.25, -0.2) is 10.6 Å². The third-order valence-corrected chi connectivity index (χ3v) is 0.496. The third-order valence-electron chi connectivity index (χ3n) is 0.496. The number of hydrazine groups is 2. The monoisotopic (exact) mass is 120 g/mol. The molecule has 8 heavy (non-hydrogen) atoms. The van der Waals surface area contributed by atoms with E-state index in [0.717, 1.165) is 0 Å². The number of primary amides is 1. The molecule has 0 aliphatic rings. The van der Waals surface area contributed by atoms with Crippen LogP contribution in [0.3, 0.4) is 0 Å². The molecule has 5 N–H and O–H groups in total. The number of amides is 2. The number of carbonyl (C=O) groups is 1. The molecule has 6 nitrogen and oxygen atoms in total. The van der Waals surface area contributed by atoms with Crippen LogP contribution in [-0.4, -0.2) is 28.6 Å². The molecule has 0 saturated heterocycles. The first-order chi connectivity index (χ1) is 3.55. The SMILES string of the molecule is CN(N)N(O)C(N)=O. The van der Waals surface area contributed by atoms with Crippen LogP contribution in [0.15, 0.2) is 0 Å². The lowest BCUT2D eigenvalue weighted by Gasteiger charge is -2.17. The lowest BCUT2D eigenvalue weighted by atomic mass is 11.1. The summed E-state index contributed by atoms with van der Waals surface area (Å²) in [4.78, 5) is 9.92. The Labute approximate surface area is 46.2 Å². The summed E-state index contributed by atoms with van der Waals surface area (Å²) in [6, 6.07) is -1.02. The number of rotatable bonds is 1. The van der Waals surface area contributed by atoms with Crippen LogP contribution >= 0.6 is 0 Å². The Bertz CT molecular complexity index is 92.0. The minimum Gasteiger partial charge on any atom is -0.348 e. The van der Waals surface area contributed by atoms with Gasteiger partial charge >= 0.3 is 6.03 Å². The second-order valence-corrected chi connectivity index (χ2v) is 1.20. The van der Waals surface area contributed by atoms with Gasteiger partial charge in [0.2, 0.25) is 0 Å². The Morgan fingerprint density at radius 2 is 2.12 bits per heavy atom. The van der Waals surface area contributed by atoms with E-state index in [1.165, 1.54) is 7.05 Å². The van der Waals surface area contributed by atoms with Crippen LogP contribution in [0.1, 0.15) is 0 Å². The molecule has 0 fully saturated rings. The van der Waals surface area contributed by atoms with Crippen molar-refractivity contribution in [2.24, 2.45) is 11.6 Å². The Balaban J connectivity index is 3.64. The molecule has 0 radical (unpaired) electrons. The fourth-order valence-electron chi connectivity index (χ4n) is 0.155. The van der Waals surface area contributed by atoms with Crippen LogP contribution in [0.5, 0.6) is 0 Å². The number of urea groups is 1. The minimum absolute atomic E-state index is 0.0833. The maximum Gasteiger partial charge on any atom is 0.355 e. The van der Waals surface area contributed by atoms with Gasteiger partial charge in [0.05, 0.1) is 0 Å². The first kappa shape index (κ1) is 7.15. The average molecular weight is 120 g/mol. The van der Waals surface area contributed by atoms with Gasteiger partial charge in [0.25, 0.3) is 0 Å². The van der Waals surface area contributed by atoms with Crippen molar-refractivity contribution in [1.82, 2.24) is 10.3 Å². The molecule has 48 valence electrons. The Morgan fingerprint density at radius 1 is 1.75 bits per heavy atom. The van der Waals surface area contributed by atoms with Gasteiger partial charge in [-0.05, 0) is 0 Å². The maximum absolute atomic E-state index is 9.92. The summed E-state index contributed by atoms with van der Waals surface area (Å²) in [5.41, 5.74) is 4.55. The van der Waals surface area contributed by atoms with Crippen LogP contribution in [0.25, 0.3) is 0 Å². The normalized spacial score (nSPS) is 9.50. The molecular formula is C2H8N4O2. The first-order valence-electron chi connectivity index (χ1n) is 1.82. The molecule has 0 aliphatic carbocycles. The smallest absolute Gasteiger partial charge is 0.348 e. The average Bonchev–Trinajstić information content (AvgIpc) is 1.64. The zero-order valence-electron chi connectivity index (χ0n) is 4.40. The van der Waals surface area contributed by atoms with E-state index in [9.17, 15) is 4.79 Å². The van der Waals surface area contributed by atoms with Crippen molar-refractivity contribution in [3.8, 4) is 0 Å². The van der Waals surface area contributed by atoms with E-state index in [1.54, 1.807) is 0 Å². The summed E-state index contributed by atoms with van der Waals surface area (Å²) < 4.78 is 0. The molecule has 0 aromatic rings. The fourth-order valence-corrected chi connectivity index (χ4v) is 0.155. The van der Waals surface area contributed by atoms with E-state index in [-0.39, 0.29) is 5.17 Å². The summed E-state index contributed by atoms with van der Waals surface area (Å²) >= 11 is 0. The molecule has 0 atom stereocenters. The summed E-state index contributed by atoms with van der Waals surface area (Å²) in [6.07, 6.45) is 0. The van der Waals surface area contributed by atoms with Gasteiger partial charge in [0.1, 0.15) is 0 Å². The standard InChI is InChI=1S/C2H8N4O2/c1-5(4)6(8)2(3)7/h8H,4H2,1H3,(H2,3,7). The van der Waals surface area contributed by atoms with Crippen molar-refractivity contribution in [3.63, 3.8) is 0 Å². The Morgan fingerprint density at radius 3 is 2.12 bits per heavy atom. The summed E-state index contributed by atoms with van der Waals surface area (Å²) in [5.74, 6) is 4.85. The van der Waals surface area contributed by atoms with Crippen molar-refractivity contribution in [2.75, 3.05) is 7.05 Å². The lowest BCUT2D eigenvalue weighted by Crippen LogP contribution is -2.48. The van der Waals surface area contributed by atoms with Crippen molar-refractivity contribution in [1.29, 1.82) is 0 Å². The topological polar surface area (TPSA) is 95.8 Å². The zero-order valence-corrected chi connectivity index (χ0v) is 4.40. The molecule has 6 heteroatoms. The molecule has 0 unspecified atom stereocenters. The molecule has 0 aromatic carbocycles. The summed E-state index contributed by atoms with van der Waals surface area (Å²) in [7, 11) is 1.27. The summed E-state index contributed by atoms with van der Waals surface area (Å²) in [6.45, 7) is 0. The number of hydrogen-bond acceptors (Lipinski definition) is 4. The Hall–Kier alpha value is -0.850. The zero-order chi connectivity index (χ0) is 6.73. The van der Waals surface area contributed by atoms with E-state index >= 15 is 0 Å². The maximum atomic E-state index is 9.92. The molecule has 0 spiro atoms. The van der Waals surface area contributed by atoms with Gasteiger partial charge in [0.15, 0.2) is 0 Å². The van der Waals surface area contributed by atoms with E-state index in [2.05, 4.69) is 5.73 Å². The largest absolute Gasteiger partial charge is 0.355 e. The molecule has 0 bridgehead atoms. The fraction of sp³-hybridized carbons (Fsp3) is 0.500. The Kier molecular flexibility index (Phi) is 2.19. The van der Waals surface area contributed by atoms with Crippen LogP contribution in [-0.2, 0) is 0 Å². The first-order valence-corrected chi connectivity index (χ1v) is 1.82. The molecule has 0 aliphatic heterocycles. The van der Waals surface area contributed by atoms with Crippen molar-refractivity contribution < 1.29 is 10.0 Å². The van der Waals surface area contributed by atoms with E-state index < -0.39 is 6.03 Å². The number of nitrogens with zero attached hydrogens (tertiary/aromatic N) is 2. The van der Waals surface area contributed by atoms with Gasteiger partial charge in [0, 0.05) is 7.05 Å². The quantitative estimate of drug-likeness (QED) is 0.222. The van der Waals surface area contributed by atoms with E-state index in [1.807, 2.05) is 0 Å². The van der Waals surface area contributed by atoms with Crippen LogP contribution < -0.4 is 11.6 Å². The van der Waals surface area contributed by atoms with E-state index in [0.29, 0.717) is 5.12 Å². The second-order valence-electron chi connectivity index (χ2n) is 1.20.